The van der Waals surface area contributed by atoms with Crippen molar-refractivity contribution in [2.24, 2.45) is 0 Å². The third-order valence-electron chi connectivity index (χ3n) is 2.33. The van der Waals surface area contributed by atoms with Crippen LogP contribution in [0.5, 0.6) is 11.8 Å². The maximum absolute atomic E-state index is 5.19. The maximum Gasteiger partial charge on any atom is 0.235 e. The molecule has 0 unspecified atom stereocenters. The van der Waals surface area contributed by atoms with Crippen molar-refractivity contribution in [3.63, 3.8) is 0 Å². The average Bonchev–Trinajstić information content (AvgIpc) is 2.98. The number of hydrogen-bond donors (Lipinski definition) is 2. The summed E-state index contributed by atoms with van der Waals surface area (Å²) < 4.78 is 15.3. The van der Waals surface area contributed by atoms with Crippen LogP contribution in [0.15, 0.2) is 28.9 Å². The van der Waals surface area contributed by atoms with Crippen molar-refractivity contribution in [1.82, 2.24) is 15.3 Å². The number of furan rings is 1. The van der Waals surface area contributed by atoms with Gasteiger partial charge >= 0.3 is 0 Å². The lowest BCUT2D eigenvalue weighted by Gasteiger charge is -2.10. The molecule has 2 rings (SSSR count). The molecule has 7 nitrogen and oxygen atoms in total. The molecule has 2 N–H and O–H groups in total. The number of thiocarbonyl (C=S) groups is 1. The van der Waals surface area contributed by atoms with Crippen LogP contribution in [0.2, 0.25) is 0 Å². The molecule has 2 aromatic heterocycles. The predicted molar refractivity (Wildman–Crippen MR) is 76.9 cm³/mol. The Morgan fingerprint density at radius 2 is 2.00 bits per heavy atom. The van der Waals surface area contributed by atoms with E-state index in [0.29, 0.717) is 23.4 Å². The highest BCUT2D eigenvalue weighted by Gasteiger charge is 2.07. The molecule has 0 bridgehead atoms. The van der Waals surface area contributed by atoms with Gasteiger partial charge < -0.3 is 24.5 Å². The summed E-state index contributed by atoms with van der Waals surface area (Å²) in [5, 5.41) is 6.20. The number of rotatable bonds is 5. The van der Waals surface area contributed by atoms with E-state index in [2.05, 4.69) is 20.6 Å². The van der Waals surface area contributed by atoms with Crippen molar-refractivity contribution < 1.29 is 13.9 Å². The van der Waals surface area contributed by atoms with E-state index in [1.54, 1.807) is 12.3 Å². The van der Waals surface area contributed by atoms with Gasteiger partial charge in [-0.15, -0.1) is 0 Å². The van der Waals surface area contributed by atoms with Gasteiger partial charge in [0, 0.05) is 0 Å². The molecule has 0 aliphatic heterocycles. The number of aromatic nitrogens is 2. The first-order valence-corrected chi connectivity index (χ1v) is 6.16. The second-order valence-electron chi connectivity index (χ2n) is 3.66. The molecule has 0 saturated carbocycles. The lowest BCUT2D eigenvalue weighted by Crippen LogP contribution is -2.28. The zero-order valence-electron chi connectivity index (χ0n) is 11.0. The standard InChI is InChI=1S/C12H14N4O3S/c1-17-9-6-10(18-2)15-11(14-9)16-12(20)13-7-8-4-3-5-19-8/h3-6H,7H2,1-2H3,(H2,13,14,15,16,20). The second kappa shape index (κ2) is 6.71. The van der Waals surface area contributed by atoms with E-state index in [1.165, 1.54) is 14.2 Å². The summed E-state index contributed by atoms with van der Waals surface area (Å²) in [6.07, 6.45) is 1.60. The molecule has 0 aliphatic rings. The van der Waals surface area contributed by atoms with E-state index < -0.39 is 0 Å². The lowest BCUT2D eigenvalue weighted by atomic mass is 10.4. The van der Waals surface area contributed by atoms with Crippen LogP contribution in [0.4, 0.5) is 5.95 Å². The number of hydrogen-bond acceptors (Lipinski definition) is 6. The van der Waals surface area contributed by atoms with Crippen LogP contribution in [-0.2, 0) is 6.54 Å². The van der Waals surface area contributed by atoms with Gasteiger partial charge in [-0.05, 0) is 24.4 Å². The summed E-state index contributed by atoms with van der Waals surface area (Å²) in [4.78, 5) is 8.22. The molecule has 0 saturated heterocycles. The van der Waals surface area contributed by atoms with Gasteiger partial charge in [0.25, 0.3) is 0 Å². The van der Waals surface area contributed by atoms with Crippen molar-refractivity contribution in [2.45, 2.75) is 6.54 Å². The van der Waals surface area contributed by atoms with Crippen molar-refractivity contribution in [2.75, 3.05) is 19.5 Å². The van der Waals surface area contributed by atoms with E-state index in [-0.39, 0.29) is 5.95 Å². The number of nitrogens with zero attached hydrogens (tertiary/aromatic N) is 2. The molecule has 0 fully saturated rings. The summed E-state index contributed by atoms with van der Waals surface area (Å²) in [5.41, 5.74) is 0. The fourth-order valence-corrected chi connectivity index (χ4v) is 1.56. The van der Waals surface area contributed by atoms with Crippen LogP contribution in [0.3, 0.4) is 0 Å². The molecule has 0 aliphatic carbocycles. The minimum Gasteiger partial charge on any atom is -0.481 e. The Morgan fingerprint density at radius 1 is 1.30 bits per heavy atom. The predicted octanol–water partition coefficient (Wildman–Crippen LogP) is 1.57. The van der Waals surface area contributed by atoms with Gasteiger partial charge in [-0.1, -0.05) is 0 Å². The highest BCUT2D eigenvalue weighted by atomic mass is 32.1. The Balaban J connectivity index is 1.96. The van der Waals surface area contributed by atoms with Gasteiger partial charge in [0.15, 0.2) is 5.11 Å². The zero-order chi connectivity index (χ0) is 14.4. The second-order valence-corrected chi connectivity index (χ2v) is 4.07. The Labute approximate surface area is 121 Å². The van der Waals surface area contributed by atoms with Crippen LogP contribution < -0.4 is 20.1 Å². The van der Waals surface area contributed by atoms with Crippen molar-refractivity contribution in [3.05, 3.63) is 30.2 Å². The van der Waals surface area contributed by atoms with Gasteiger partial charge in [-0.2, -0.15) is 9.97 Å². The average molecular weight is 294 g/mol. The Kier molecular flexibility index (Phi) is 4.72. The highest BCUT2D eigenvalue weighted by Crippen LogP contribution is 2.17. The molecule has 0 spiro atoms. The van der Waals surface area contributed by atoms with E-state index in [4.69, 9.17) is 26.1 Å². The molecule has 0 amide bonds. The largest absolute Gasteiger partial charge is 0.481 e. The van der Waals surface area contributed by atoms with E-state index in [1.807, 2.05) is 12.1 Å². The van der Waals surface area contributed by atoms with Gasteiger partial charge in [0.1, 0.15) is 5.76 Å². The summed E-state index contributed by atoms with van der Waals surface area (Å²) in [7, 11) is 3.03. The summed E-state index contributed by atoms with van der Waals surface area (Å²) in [6, 6.07) is 5.23. The molecule has 20 heavy (non-hydrogen) atoms. The van der Waals surface area contributed by atoms with Crippen molar-refractivity contribution in [1.29, 1.82) is 0 Å². The van der Waals surface area contributed by atoms with Crippen LogP contribution in [0, 0.1) is 0 Å². The first kappa shape index (κ1) is 14.1. The smallest absolute Gasteiger partial charge is 0.235 e. The van der Waals surface area contributed by atoms with Gasteiger partial charge in [-0.25, -0.2) is 0 Å². The first-order chi connectivity index (χ1) is 9.71. The van der Waals surface area contributed by atoms with E-state index >= 15 is 0 Å². The summed E-state index contributed by atoms with van der Waals surface area (Å²) in [6.45, 7) is 0.472. The fraction of sp³-hybridized carbons (Fsp3) is 0.250. The molecular weight excluding hydrogens is 280 g/mol. The molecule has 2 heterocycles. The Bertz CT molecular complexity index is 552. The minimum atomic E-state index is 0.290. The van der Waals surface area contributed by atoms with Crippen molar-refractivity contribution >= 4 is 23.3 Å². The molecule has 2 aromatic rings. The number of nitrogens with one attached hydrogen (secondary N) is 2. The quantitative estimate of drug-likeness (QED) is 0.804. The monoisotopic (exact) mass is 294 g/mol. The number of anilines is 1. The van der Waals surface area contributed by atoms with E-state index in [0.717, 1.165) is 5.76 Å². The first-order valence-electron chi connectivity index (χ1n) is 5.75. The molecule has 106 valence electrons. The third-order valence-corrected chi connectivity index (χ3v) is 2.57. The Morgan fingerprint density at radius 3 is 2.55 bits per heavy atom. The minimum absolute atomic E-state index is 0.290. The van der Waals surface area contributed by atoms with Crippen LogP contribution in [0.1, 0.15) is 5.76 Å². The summed E-state index contributed by atoms with van der Waals surface area (Å²) >= 11 is 5.14. The molecular formula is C12H14N4O3S. The van der Waals surface area contributed by atoms with Crippen LogP contribution in [-0.4, -0.2) is 29.3 Å². The molecule has 0 radical (unpaired) electrons. The third kappa shape index (κ3) is 3.82. The summed E-state index contributed by atoms with van der Waals surface area (Å²) in [5.74, 6) is 1.83. The van der Waals surface area contributed by atoms with Crippen molar-refractivity contribution in [3.8, 4) is 11.8 Å². The highest BCUT2D eigenvalue weighted by molar-refractivity contribution is 7.80. The molecule has 8 heteroatoms. The lowest BCUT2D eigenvalue weighted by molar-refractivity contribution is 0.373. The SMILES string of the molecule is COc1cc(OC)nc(NC(=S)NCc2ccco2)n1. The normalized spacial score (nSPS) is 9.90. The van der Waals surface area contributed by atoms with Crippen LogP contribution in [0.25, 0.3) is 0 Å². The number of methoxy groups -OCH3 is 2. The van der Waals surface area contributed by atoms with Gasteiger partial charge in [0.2, 0.25) is 17.7 Å². The fourth-order valence-electron chi connectivity index (χ4n) is 1.40. The van der Waals surface area contributed by atoms with E-state index in [9.17, 15) is 0 Å². The van der Waals surface area contributed by atoms with Gasteiger partial charge in [-0.3, -0.25) is 0 Å². The molecule has 0 aromatic carbocycles. The Hall–Kier alpha value is -2.35. The van der Waals surface area contributed by atoms with Gasteiger partial charge in [0.05, 0.1) is 33.1 Å². The number of ether oxygens (including phenoxy) is 2. The van der Waals surface area contributed by atoms with Crippen LogP contribution >= 0.6 is 12.2 Å². The topological polar surface area (TPSA) is 81.4 Å². The maximum atomic E-state index is 5.19. The molecule has 0 atom stereocenters. The zero-order valence-corrected chi connectivity index (χ0v) is 11.9.